The van der Waals surface area contributed by atoms with Crippen LogP contribution in [0.15, 0.2) is 0 Å². The van der Waals surface area contributed by atoms with Crippen LogP contribution < -0.4 is 5.32 Å². The summed E-state index contributed by atoms with van der Waals surface area (Å²) in [7, 11) is 2.06. The highest BCUT2D eigenvalue weighted by Crippen LogP contribution is 2.39. The first-order valence-electron chi connectivity index (χ1n) is 8.51. The van der Waals surface area contributed by atoms with Crippen LogP contribution in [0.3, 0.4) is 0 Å². The van der Waals surface area contributed by atoms with Gasteiger partial charge in [-0.25, -0.2) is 0 Å². The van der Waals surface area contributed by atoms with Gasteiger partial charge in [-0.2, -0.15) is 0 Å². The standard InChI is InChI=1S/C16H30N2O2/c1-17-10-7-14-4-2-3-11-18(14)15-5-8-16(9-6-15)19-12-13-20-16/h14-15,17H,2-13H2,1H3. The molecule has 0 aromatic rings. The Morgan fingerprint density at radius 3 is 2.55 bits per heavy atom. The van der Waals surface area contributed by atoms with Gasteiger partial charge in [0.15, 0.2) is 5.79 Å². The number of nitrogens with zero attached hydrogens (tertiary/aromatic N) is 1. The van der Waals surface area contributed by atoms with Crippen LogP contribution in [0.4, 0.5) is 0 Å². The quantitative estimate of drug-likeness (QED) is 0.856. The van der Waals surface area contributed by atoms with Gasteiger partial charge >= 0.3 is 0 Å². The molecule has 3 fully saturated rings. The molecule has 2 heterocycles. The van der Waals surface area contributed by atoms with Gasteiger partial charge in [-0.3, -0.25) is 4.90 Å². The number of hydrogen-bond acceptors (Lipinski definition) is 4. The van der Waals surface area contributed by atoms with Gasteiger partial charge in [0.05, 0.1) is 13.2 Å². The van der Waals surface area contributed by atoms with E-state index in [-0.39, 0.29) is 5.79 Å². The minimum Gasteiger partial charge on any atom is -0.348 e. The molecule has 0 aromatic carbocycles. The Bertz CT molecular complexity index is 295. The van der Waals surface area contributed by atoms with Gasteiger partial charge < -0.3 is 14.8 Å². The molecule has 2 aliphatic heterocycles. The Labute approximate surface area is 123 Å². The molecule has 2 saturated heterocycles. The number of rotatable bonds is 4. The van der Waals surface area contributed by atoms with E-state index >= 15 is 0 Å². The number of hydrogen-bond donors (Lipinski definition) is 1. The first-order valence-corrected chi connectivity index (χ1v) is 8.51. The maximum absolute atomic E-state index is 5.86. The molecule has 0 amide bonds. The molecule has 116 valence electrons. The average molecular weight is 282 g/mol. The van der Waals surface area contributed by atoms with E-state index in [9.17, 15) is 0 Å². The van der Waals surface area contributed by atoms with Crippen molar-refractivity contribution in [3.8, 4) is 0 Å². The number of likely N-dealkylation sites (tertiary alicyclic amines) is 1. The maximum Gasteiger partial charge on any atom is 0.168 e. The molecule has 4 heteroatoms. The van der Waals surface area contributed by atoms with Crippen molar-refractivity contribution in [2.24, 2.45) is 0 Å². The van der Waals surface area contributed by atoms with E-state index in [2.05, 4.69) is 17.3 Å². The van der Waals surface area contributed by atoms with Crippen LogP contribution in [0.1, 0.15) is 51.4 Å². The largest absolute Gasteiger partial charge is 0.348 e. The fraction of sp³-hybridized carbons (Fsp3) is 1.00. The topological polar surface area (TPSA) is 33.7 Å². The van der Waals surface area contributed by atoms with Crippen molar-refractivity contribution < 1.29 is 9.47 Å². The van der Waals surface area contributed by atoms with Crippen molar-refractivity contribution >= 4 is 0 Å². The van der Waals surface area contributed by atoms with Crippen LogP contribution in [0, 0.1) is 0 Å². The Balaban J connectivity index is 1.54. The van der Waals surface area contributed by atoms with Crippen LogP contribution in [-0.2, 0) is 9.47 Å². The van der Waals surface area contributed by atoms with Gasteiger partial charge in [0.2, 0.25) is 0 Å². The number of piperidine rings is 1. The molecule has 20 heavy (non-hydrogen) atoms. The fourth-order valence-corrected chi connectivity index (χ4v) is 4.28. The van der Waals surface area contributed by atoms with E-state index in [0.29, 0.717) is 0 Å². The highest BCUT2D eigenvalue weighted by atomic mass is 16.7. The van der Waals surface area contributed by atoms with Gasteiger partial charge in [-0.05, 0) is 52.2 Å². The molecule has 1 unspecified atom stereocenters. The second kappa shape index (κ2) is 6.73. The summed E-state index contributed by atoms with van der Waals surface area (Å²) in [5.41, 5.74) is 0. The van der Waals surface area contributed by atoms with Crippen molar-refractivity contribution in [1.82, 2.24) is 10.2 Å². The fourth-order valence-electron chi connectivity index (χ4n) is 4.28. The molecular formula is C16H30N2O2. The zero-order valence-corrected chi connectivity index (χ0v) is 12.9. The van der Waals surface area contributed by atoms with E-state index in [4.69, 9.17) is 9.47 Å². The van der Waals surface area contributed by atoms with E-state index in [1.54, 1.807) is 0 Å². The third-order valence-corrected chi connectivity index (χ3v) is 5.40. The molecule has 3 aliphatic rings. The minimum atomic E-state index is -0.202. The second-order valence-corrected chi connectivity index (χ2v) is 6.62. The van der Waals surface area contributed by atoms with Crippen LogP contribution in [0.5, 0.6) is 0 Å². The van der Waals surface area contributed by atoms with Gasteiger partial charge in [-0.1, -0.05) is 6.42 Å². The Kier molecular flexibility index (Phi) is 4.97. The zero-order valence-electron chi connectivity index (χ0n) is 12.9. The molecule has 0 bridgehead atoms. The molecule has 1 aliphatic carbocycles. The molecule has 1 atom stereocenters. The zero-order chi connectivity index (χ0) is 13.8. The molecule has 3 rings (SSSR count). The lowest BCUT2D eigenvalue weighted by Crippen LogP contribution is -2.50. The summed E-state index contributed by atoms with van der Waals surface area (Å²) in [4.78, 5) is 2.81. The smallest absolute Gasteiger partial charge is 0.168 e. The average Bonchev–Trinajstić information content (AvgIpc) is 2.95. The molecule has 0 radical (unpaired) electrons. The molecular weight excluding hydrogens is 252 g/mol. The number of nitrogens with one attached hydrogen (secondary N) is 1. The first kappa shape index (κ1) is 14.8. The summed E-state index contributed by atoms with van der Waals surface area (Å²) < 4.78 is 11.7. The summed E-state index contributed by atoms with van der Waals surface area (Å²) in [6.45, 7) is 4.02. The highest BCUT2D eigenvalue weighted by Gasteiger charge is 2.42. The predicted octanol–water partition coefficient (Wildman–Crippen LogP) is 2.14. The minimum absolute atomic E-state index is 0.202. The SMILES string of the molecule is CNCCC1CCCCN1C1CCC2(CC1)OCCO2. The normalized spacial score (nSPS) is 31.9. The van der Waals surface area contributed by atoms with E-state index in [0.717, 1.165) is 44.7 Å². The van der Waals surface area contributed by atoms with Crippen LogP contribution in [0.25, 0.3) is 0 Å². The molecule has 1 saturated carbocycles. The lowest BCUT2D eigenvalue weighted by molar-refractivity contribution is -0.185. The summed E-state index contributed by atoms with van der Waals surface area (Å²) >= 11 is 0. The monoisotopic (exact) mass is 282 g/mol. The summed E-state index contributed by atoms with van der Waals surface area (Å²) in [5.74, 6) is -0.202. The predicted molar refractivity (Wildman–Crippen MR) is 79.8 cm³/mol. The molecule has 1 spiro atoms. The highest BCUT2D eigenvalue weighted by molar-refractivity contribution is 4.90. The Hall–Kier alpha value is -0.160. The van der Waals surface area contributed by atoms with Crippen molar-refractivity contribution in [2.75, 3.05) is 33.4 Å². The molecule has 1 N–H and O–H groups in total. The molecule has 4 nitrogen and oxygen atoms in total. The maximum atomic E-state index is 5.86. The third kappa shape index (κ3) is 3.19. The second-order valence-electron chi connectivity index (χ2n) is 6.62. The van der Waals surface area contributed by atoms with Crippen LogP contribution >= 0.6 is 0 Å². The summed E-state index contributed by atoms with van der Waals surface area (Å²) in [5, 5.41) is 3.31. The van der Waals surface area contributed by atoms with Gasteiger partial charge in [-0.15, -0.1) is 0 Å². The lowest BCUT2D eigenvalue weighted by Gasteiger charge is -2.45. The summed E-state index contributed by atoms with van der Waals surface area (Å²) in [6, 6.07) is 1.55. The number of ether oxygens (including phenoxy) is 2. The Morgan fingerprint density at radius 1 is 1.10 bits per heavy atom. The lowest BCUT2D eigenvalue weighted by atomic mass is 9.86. The van der Waals surface area contributed by atoms with Gasteiger partial charge in [0, 0.05) is 24.9 Å². The third-order valence-electron chi connectivity index (χ3n) is 5.40. The van der Waals surface area contributed by atoms with E-state index < -0.39 is 0 Å². The van der Waals surface area contributed by atoms with Crippen molar-refractivity contribution in [1.29, 1.82) is 0 Å². The van der Waals surface area contributed by atoms with Crippen molar-refractivity contribution in [3.63, 3.8) is 0 Å². The summed E-state index contributed by atoms with van der Waals surface area (Å²) in [6.07, 6.45) is 10.1. The first-order chi connectivity index (χ1) is 9.83. The van der Waals surface area contributed by atoms with Gasteiger partial charge in [0.1, 0.15) is 0 Å². The van der Waals surface area contributed by atoms with Gasteiger partial charge in [0.25, 0.3) is 0 Å². The van der Waals surface area contributed by atoms with Crippen molar-refractivity contribution in [2.45, 2.75) is 69.2 Å². The Morgan fingerprint density at radius 2 is 1.85 bits per heavy atom. The van der Waals surface area contributed by atoms with E-state index in [1.165, 1.54) is 45.1 Å². The molecule has 0 aromatic heterocycles. The van der Waals surface area contributed by atoms with Crippen molar-refractivity contribution in [3.05, 3.63) is 0 Å². The van der Waals surface area contributed by atoms with Crippen LogP contribution in [0.2, 0.25) is 0 Å². The van der Waals surface area contributed by atoms with Crippen LogP contribution in [-0.4, -0.2) is 56.1 Å². The van der Waals surface area contributed by atoms with E-state index in [1.807, 2.05) is 0 Å².